The lowest BCUT2D eigenvalue weighted by Gasteiger charge is -2.32. The van der Waals surface area contributed by atoms with Gasteiger partial charge in [0, 0.05) is 12.1 Å². The largest absolute Gasteiger partial charge is 0.416 e. The molecule has 0 unspecified atom stereocenters. The highest BCUT2D eigenvalue weighted by Crippen LogP contribution is 2.29. The second-order valence-corrected chi connectivity index (χ2v) is 6.40. The van der Waals surface area contributed by atoms with Crippen LogP contribution in [0, 0.1) is 0 Å². The van der Waals surface area contributed by atoms with Gasteiger partial charge in [-0.05, 0) is 26.0 Å². The molecule has 1 aromatic carbocycles. The van der Waals surface area contributed by atoms with E-state index in [2.05, 4.69) is 5.32 Å². The Kier molecular flexibility index (Phi) is 6.23. The molecule has 3 N–H and O–H groups in total. The van der Waals surface area contributed by atoms with E-state index in [4.69, 9.17) is 0 Å². The van der Waals surface area contributed by atoms with Crippen molar-refractivity contribution in [2.75, 3.05) is 32.7 Å². The minimum absolute atomic E-state index is 0.0637. The average Bonchev–Trinajstić information content (AvgIpc) is 2.54. The number of alkyl halides is 3. The summed E-state index contributed by atoms with van der Waals surface area (Å²) in [4.78, 5) is 14.4. The quantitative estimate of drug-likeness (QED) is 0.662. The van der Waals surface area contributed by atoms with Gasteiger partial charge < -0.3 is 15.1 Å². The third-order valence-electron chi connectivity index (χ3n) is 4.66. The smallest absolute Gasteiger partial charge is 0.351 e. The number of amides is 1. The summed E-state index contributed by atoms with van der Waals surface area (Å²) in [7, 11) is 0. The molecule has 1 aliphatic rings. The van der Waals surface area contributed by atoms with Crippen LogP contribution in [-0.4, -0.2) is 44.7 Å². The first-order chi connectivity index (χ1) is 11.3. The molecule has 1 amide bonds. The number of hydrogen-bond acceptors (Lipinski definition) is 1. The summed E-state index contributed by atoms with van der Waals surface area (Å²) in [6, 6.07) is 5.48. The van der Waals surface area contributed by atoms with Crippen LogP contribution in [0.15, 0.2) is 24.3 Å². The molecule has 134 valence electrons. The minimum Gasteiger partial charge on any atom is -0.351 e. The van der Waals surface area contributed by atoms with E-state index < -0.39 is 11.7 Å². The first-order valence-electron chi connectivity index (χ1n) is 8.43. The first-order valence-corrected chi connectivity index (χ1v) is 8.43. The summed E-state index contributed by atoms with van der Waals surface area (Å²) in [5.74, 6) is 0.0637. The van der Waals surface area contributed by atoms with Crippen molar-refractivity contribution in [1.29, 1.82) is 0 Å². The highest BCUT2D eigenvalue weighted by Gasteiger charge is 2.32. The molecule has 1 heterocycles. The average molecular weight is 345 g/mol. The molecule has 1 atom stereocenters. The van der Waals surface area contributed by atoms with E-state index in [-0.39, 0.29) is 11.9 Å². The number of piperazine rings is 1. The van der Waals surface area contributed by atoms with Gasteiger partial charge in [0.1, 0.15) is 32.7 Å². The van der Waals surface area contributed by atoms with E-state index in [1.807, 2.05) is 13.8 Å². The molecule has 0 radical (unpaired) electrons. The Balaban J connectivity index is 1.88. The van der Waals surface area contributed by atoms with Gasteiger partial charge in [0.25, 0.3) is 5.91 Å². The molecular weight excluding hydrogens is 319 g/mol. The Morgan fingerprint density at radius 1 is 1.25 bits per heavy atom. The van der Waals surface area contributed by atoms with Crippen molar-refractivity contribution in [3.8, 4) is 0 Å². The van der Waals surface area contributed by atoms with Gasteiger partial charge in [0.2, 0.25) is 0 Å². The number of nitrogens with one attached hydrogen (secondary N) is 3. The lowest BCUT2D eigenvalue weighted by Crippen LogP contribution is -3.29. The summed E-state index contributed by atoms with van der Waals surface area (Å²) < 4.78 is 38.3. The van der Waals surface area contributed by atoms with Crippen LogP contribution in [-0.2, 0) is 17.5 Å². The van der Waals surface area contributed by atoms with Crippen LogP contribution in [0.4, 0.5) is 13.2 Å². The Morgan fingerprint density at radius 3 is 2.50 bits per heavy atom. The van der Waals surface area contributed by atoms with Crippen LogP contribution >= 0.6 is 0 Å². The Bertz CT molecular complexity index is 554. The summed E-state index contributed by atoms with van der Waals surface area (Å²) in [6.07, 6.45) is -4.30. The molecule has 0 aliphatic carbocycles. The van der Waals surface area contributed by atoms with Crippen molar-refractivity contribution in [3.05, 3.63) is 35.4 Å². The SMILES string of the molecule is CCNC(=O)[C@H](C)[NH+]1CC[NH+](Cc2cccc(C(F)(F)F)c2)CC1. The zero-order chi connectivity index (χ0) is 17.7. The van der Waals surface area contributed by atoms with Gasteiger partial charge in [-0.25, -0.2) is 0 Å². The number of rotatable bonds is 5. The van der Waals surface area contributed by atoms with Gasteiger partial charge in [0.15, 0.2) is 6.04 Å². The van der Waals surface area contributed by atoms with Crippen LogP contribution in [0.1, 0.15) is 25.0 Å². The van der Waals surface area contributed by atoms with Gasteiger partial charge in [-0.15, -0.1) is 0 Å². The van der Waals surface area contributed by atoms with E-state index in [1.54, 1.807) is 6.07 Å². The Morgan fingerprint density at radius 2 is 1.92 bits per heavy atom. The fraction of sp³-hybridized carbons (Fsp3) is 0.588. The Labute approximate surface area is 140 Å². The molecule has 1 saturated heterocycles. The molecule has 2 rings (SSSR count). The number of carbonyl (C=O) groups excluding carboxylic acids is 1. The predicted octanol–water partition coefficient (Wildman–Crippen LogP) is -0.487. The van der Waals surface area contributed by atoms with E-state index in [1.165, 1.54) is 21.9 Å². The minimum atomic E-state index is -4.30. The number of halogens is 3. The monoisotopic (exact) mass is 345 g/mol. The molecule has 0 bridgehead atoms. The van der Waals surface area contributed by atoms with E-state index in [0.29, 0.717) is 18.7 Å². The van der Waals surface area contributed by atoms with Gasteiger partial charge in [-0.2, -0.15) is 13.2 Å². The summed E-state index contributed by atoms with van der Waals surface area (Å²) >= 11 is 0. The highest BCUT2D eigenvalue weighted by molar-refractivity contribution is 5.79. The zero-order valence-corrected chi connectivity index (χ0v) is 14.2. The normalized spacial score (nSPS) is 22.9. The van der Waals surface area contributed by atoms with Crippen molar-refractivity contribution < 1.29 is 27.8 Å². The molecule has 0 aromatic heterocycles. The van der Waals surface area contributed by atoms with Crippen LogP contribution < -0.4 is 15.1 Å². The standard InChI is InChI=1S/C17H24F3N3O/c1-3-21-16(24)13(2)23-9-7-22(8-10-23)12-14-5-4-6-15(11-14)17(18,19)20/h4-6,11,13H,3,7-10,12H2,1-2H3,(H,21,24)/p+2/t13-/m0/s1. The van der Waals surface area contributed by atoms with Crippen molar-refractivity contribution in [3.63, 3.8) is 0 Å². The summed E-state index contributed by atoms with van der Waals surface area (Å²) in [6.45, 7) is 8.47. The third-order valence-corrected chi connectivity index (χ3v) is 4.66. The molecule has 24 heavy (non-hydrogen) atoms. The van der Waals surface area contributed by atoms with Gasteiger partial charge in [0.05, 0.1) is 5.56 Å². The number of likely N-dealkylation sites (N-methyl/N-ethyl adjacent to an activating group) is 1. The Hall–Kier alpha value is -1.60. The van der Waals surface area contributed by atoms with E-state index >= 15 is 0 Å². The summed E-state index contributed by atoms with van der Waals surface area (Å²) in [5, 5.41) is 2.84. The van der Waals surface area contributed by atoms with Crippen LogP contribution in [0.2, 0.25) is 0 Å². The second kappa shape index (κ2) is 7.98. The van der Waals surface area contributed by atoms with Gasteiger partial charge in [-0.1, -0.05) is 12.1 Å². The maximum atomic E-state index is 12.8. The van der Waals surface area contributed by atoms with Crippen LogP contribution in [0.5, 0.6) is 0 Å². The van der Waals surface area contributed by atoms with Crippen LogP contribution in [0.3, 0.4) is 0 Å². The van der Waals surface area contributed by atoms with Gasteiger partial charge >= 0.3 is 6.18 Å². The number of hydrogen-bond donors (Lipinski definition) is 3. The number of benzene rings is 1. The lowest BCUT2D eigenvalue weighted by atomic mass is 10.1. The maximum absolute atomic E-state index is 12.8. The number of quaternary nitrogens is 2. The fourth-order valence-electron chi connectivity index (χ4n) is 3.19. The lowest BCUT2D eigenvalue weighted by molar-refractivity contribution is -1.02. The molecule has 4 nitrogen and oxygen atoms in total. The van der Waals surface area contributed by atoms with Gasteiger partial charge in [-0.3, -0.25) is 4.79 Å². The van der Waals surface area contributed by atoms with Crippen molar-refractivity contribution in [1.82, 2.24) is 5.32 Å². The maximum Gasteiger partial charge on any atom is 0.416 e. The van der Waals surface area contributed by atoms with Crippen molar-refractivity contribution in [2.24, 2.45) is 0 Å². The van der Waals surface area contributed by atoms with Crippen LogP contribution in [0.25, 0.3) is 0 Å². The molecule has 1 aliphatic heterocycles. The molecule has 1 fully saturated rings. The topological polar surface area (TPSA) is 38.0 Å². The number of carbonyl (C=O) groups is 1. The van der Waals surface area contributed by atoms with E-state index in [0.717, 1.165) is 32.2 Å². The fourth-order valence-corrected chi connectivity index (χ4v) is 3.19. The summed E-state index contributed by atoms with van der Waals surface area (Å²) in [5.41, 5.74) is 0.119. The zero-order valence-electron chi connectivity index (χ0n) is 14.2. The first kappa shape index (κ1) is 18.7. The highest BCUT2D eigenvalue weighted by atomic mass is 19.4. The van der Waals surface area contributed by atoms with Crippen molar-refractivity contribution in [2.45, 2.75) is 32.6 Å². The molecule has 7 heteroatoms. The third kappa shape index (κ3) is 4.95. The second-order valence-electron chi connectivity index (χ2n) is 6.40. The van der Waals surface area contributed by atoms with E-state index in [9.17, 15) is 18.0 Å². The van der Waals surface area contributed by atoms with Crippen molar-refractivity contribution >= 4 is 5.91 Å². The molecule has 0 saturated carbocycles. The predicted molar refractivity (Wildman–Crippen MR) is 84.7 cm³/mol. The molecular formula is C17H26F3N3O+2. The molecule has 1 aromatic rings. The molecule has 0 spiro atoms.